The first-order chi connectivity index (χ1) is 7.25. The van der Waals surface area contributed by atoms with Gasteiger partial charge in [0.1, 0.15) is 0 Å². The first-order valence-electron chi connectivity index (χ1n) is 5.07. The Kier molecular flexibility index (Phi) is 3.43. The average Bonchev–Trinajstić information content (AvgIpc) is 2.66. The summed E-state index contributed by atoms with van der Waals surface area (Å²) in [5.74, 6) is 0.162. The summed E-state index contributed by atoms with van der Waals surface area (Å²) in [7, 11) is 0. The predicted octanol–water partition coefficient (Wildman–Crippen LogP) is 2.17. The summed E-state index contributed by atoms with van der Waals surface area (Å²) >= 11 is 3.17. The van der Waals surface area contributed by atoms with Crippen molar-refractivity contribution in [3.05, 3.63) is 22.6 Å². The van der Waals surface area contributed by atoms with Crippen molar-refractivity contribution in [1.29, 1.82) is 0 Å². The van der Waals surface area contributed by atoms with Gasteiger partial charge in [0.25, 0.3) is 0 Å². The maximum absolute atomic E-state index is 11.7. The number of halogens is 1. The maximum atomic E-state index is 11.7. The molecule has 4 nitrogen and oxygen atoms in total. The molecule has 1 aromatic heterocycles. The molecule has 1 aliphatic heterocycles. The van der Waals surface area contributed by atoms with E-state index in [0.29, 0.717) is 10.4 Å². The van der Waals surface area contributed by atoms with Crippen LogP contribution in [-0.4, -0.2) is 24.0 Å². The Morgan fingerprint density at radius 3 is 2.67 bits per heavy atom. The minimum atomic E-state index is -0.178. The van der Waals surface area contributed by atoms with E-state index in [-0.39, 0.29) is 5.91 Å². The fraction of sp³-hybridized carbons (Fsp3) is 0.500. The quantitative estimate of drug-likeness (QED) is 0.898. The maximum Gasteiger partial charge on any atom is 0.301 e. The van der Waals surface area contributed by atoms with Crippen LogP contribution in [0.15, 0.2) is 21.2 Å². The molecule has 5 heteroatoms. The number of rotatable bonds is 2. The van der Waals surface area contributed by atoms with Crippen LogP contribution < -0.4 is 5.43 Å². The highest BCUT2D eigenvalue weighted by Crippen LogP contribution is 2.14. The highest BCUT2D eigenvalue weighted by molar-refractivity contribution is 9.10. The second-order valence-corrected chi connectivity index (χ2v) is 4.37. The van der Waals surface area contributed by atoms with E-state index in [4.69, 9.17) is 4.42 Å². The van der Waals surface area contributed by atoms with E-state index in [1.165, 1.54) is 6.42 Å². The second kappa shape index (κ2) is 4.81. The molecule has 0 saturated carbocycles. The number of hydrogen-bond donors (Lipinski definition) is 1. The molecule has 1 saturated heterocycles. The third kappa shape index (κ3) is 2.82. The Balaban J connectivity index is 1.91. The molecule has 1 aromatic rings. The molecule has 15 heavy (non-hydrogen) atoms. The van der Waals surface area contributed by atoms with E-state index >= 15 is 0 Å². The minimum Gasteiger partial charge on any atom is -0.444 e. The standard InChI is InChI=1S/C10H13BrN2O2/c11-9-5-4-8(15-9)10(14)12-13-6-2-1-3-7-13/h4-5H,1-3,6-7H2,(H,12,14). The smallest absolute Gasteiger partial charge is 0.301 e. The largest absolute Gasteiger partial charge is 0.444 e. The molecule has 2 heterocycles. The SMILES string of the molecule is O=C(NN1CCCCC1)c1ccc(Br)o1. The zero-order valence-corrected chi connectivity index (χ0v) is 9.92. The number of hydrazine groups is 1. The van der Waals surface area contributed by atoms with Crippen LogP contribution in [0, 0.1) is 0 Å². The van der Waals surface area contributed by atoms with Gasteiger partial charge in [-0.1, -0.05) is 6.42 Å². The summed E-state index contributed by atoms with van der Waals surface area (Å²) in [6, 6.07) is 3.37. The number of nitrogens with zero attached hydrogens (tertiary/aromatic N) is 1. The van der Waals surface area contributed by atoms with E-state index in [9.17, 15) is 4.79 Å². The van der Waals surface area contributed by atoms with Gasteiger partial charge in [0.2, 0.25) is 0 Å². The first kappa shape index (κ1) is 10.7. The van der Waals surface area contributed by atoms with Gasteiger partial charge in [0.15, 0.2) is 10.4 Å². The van der Waals surface area contributed by atoms with E-state index in [2.05, 4.69) is 21.4 Å². The van der Waals surface area contributed by atoms with Crippen molar-refractivity contribution in [3.8, 4) is 0 Å². The summed E-state index contributed by atoms with van der Waals surface area (Å²) < 4.78 is 5.74. The average molecular weight is 273 g/mol. The number of furan rings is 1. The van der Waals surface area contributed by atoms with Crippen molar-refractivity contribution in [2.75, 3.05) is 13.1 Å². The summed E-state index contributed by atoms with van der Waals surface area (Å²) in [6.07, 6.45) is 3.53. The number of carbonyl (C=O) groups is 1. The van der Waals surface area contributed by atoms with Gasteiger partial charge in [0, 0.05) is 13.1 Å². The fourth-order valence-electron chi connectivity index (χ4n) is 1.64. The van der Waals surface area contributed by atoms with Crippen LogP contribution in [0.1, 0.15) is 29.8 Å². The summed E-state index contributed by atoms with van der Waals surface area (Å²) in [5.41, 5.74) is 2.83. The molecule has 0 bridgehead atoms. The van der Waals surface area contributed by atoms with Gasteiger partial charge in [-0.25, -0.2) is 5.01 Å². The van der Waals surface area contributed by atoms with Crippen LogP contribution in [-0.2, 0) is 0 Å². The van der Waals surface area contributed by atoms with Crippen LogP contribution in [0.25, 0.3) is 0 Å². The van der Waals surface area contributed by atoms with Crippen molar-refractivity contribution in [2.24, 2.45) is 0 Å². The van der Waals surface area contributed by atoms with Gasteiger partial charge in [-0.3, -0.25) is 10.2 Å². The van der Waals surface area contributed by atoms with Crippen molar-refractivity contribution in [3.63, 3.8) is 0 Å². The van der Waals surface area contributed by atoms with E-state index in [1.54, 1.807) is 12.1 Å². The molecule has 1 fully saturated rings. The first-order valence-corrected chi connectivity index (χ1v) is 5.86. The molecule has 82 valence electrons. The van der Waals surface area contributed by atoms with E-state index < -0.39 is 0 Å². The Morgan fingerprint density at radius 1 is 1.33 bits per heavy atom. The van der Waals surface area contributed by atoms with Gasteiger partial charge in [-0.15, -0.1) is 0 Å². The monoisotopic (exact) mass is 272 g/mol. The lowest BCUT2D eigenvalue weighted by Gasteiger charge is -2.26. The zero-order chi connectivity index (χ0) is 10.7. The predicted molar refractivity (Wildman–Crippen MR) is 59.3 cm³/mol. The Morgan fingerprint density at radius 2 is 2.07 bits per heavy atom. The molecule has 1 aliphatic rings. The summed E-state index contributed by atoms with van der Waals surface area (Å²) in [5, 5.41) is 1.95. The van der Waals surface area contributed by atoms with Crippen molar-refractivity contribution < 1.29 is 9.21 Å². The molecule has 0 radical (unpaired) electrons. The third-order valence-electron chi connectivity index (χ3n) is 2.41. The Hall–Kier alpha value is -0.810. The Bertz CT molecular complexity index is 345. The van der Waals surface area contributed by atoms with Gasteiger partial charge in [0.05, 0.1) is 0 Å². The highest BCUT2D eigenvalue weighted by atomic mass is 79.9. The molecule has 1 amide bonds. The van der Waals surface area contributed by atoms with Crippen LogP contribution >= 0.6 is 15.9 Å². The van der Waals surface area contributed by atoms with E-state index in [0.717, 1.165) is 25.9 Å². The number of hydrogen-bond acceptors (Lipinski definition) is 3. The molecular weight excluding hydrogens is 260 g/mol. The van der Waals surface area contributed by atoms with Crippen LogP contribution in [0.3, 0.4) is 0 Å². The van der Waals surface area contributed by atoms with Crippen LogP contribution in [0.5, 0.6) is 0 Å². The lowest BCUT2D eigenvalue weighted by molar-refractivity contribution is 0.0720. The second-order valence-electron chi connectivity index (χ2n) is 3.59. The fourth-order valence-corrected chi connectivity index (χ4v) is 1.95. The molecule has 0 aliphatic carbocycles. The van der Waals surface area contributed by atoms with Crippen molar-refractivity contribution in [1.82, 2.24) is 10.4 Å². The molecule has 1 N–H and O–H groups in total. The Labute approximate surface area is 96.7 Å². The molecule has 0 atom stereocenters. The molecule has 2 rings (SSSR count). The van der Waals surface area contributed by atoms with Crippen LogP contribution in [0.2, 0.25) is 0 Å². The van der Waals surface area contributed by atoms with Crippen LogP contribution in [0.4, 0.5) is 0 Å². The molecular formula is C10H13BrN2O2. The van der Waals surface area contributed by atoms with Crippen molar-refractivity contribution >= 4 is 21.8 Å². The molecule has 0 spiro atoms. The third-order valence-corrected chi connectivity index (χ3v) is 2.84. The lowest BCUT2D eigenvalue weighted by Crippen LogP contribution is -2.44. The molecule has 0 aromatic carbocycles. The number of piperidine rings is 1. The summed E-state index contributed by atoms with van der Waals surface area (Å²) in [4.78, 5) is 11.7. The van der Waals surface area contributed by atoms with E-state index in [1.807, 2.05) is 5.01 Å². The summed E-state index contributed by atoms with van der Waals surface area (Å²) in [6.45, 7) is 1.85. The minimum absolute atomic E-state index is 0.178. The van der Waals surface area contributed by atoms with Gasteiger partial charge in [-0.05, 0) is 40.9 Å². The zero-order valence-electron chi connectivity index (χ0n) is 8.33. The van der Waals surface area contributed by atoms with Gasteiger partial charge in [-0.2, -0.15) is 0 Å². The lowest BCUT2D eigenvalue weighted by atomic mass is 10.2. The molecule has 0 unspecified atom stereocenters. The number of amides is 1. The number of carbonyl (C=O) groups excluding carboxylic acids is 1. The highest BCUT2D eigenvalue weighted by Gasteiger charge is 2.16. The topological polar surface area (TPSA) is 45.5 Å². The van der Waals surface area contributed by atoms with Crippen molar-refractivity contribution in [2.45, 2.75) is 19.3 Å². The normalized spacial score (nSPS) is 17.7. The van der Waals surface area contributed by atoms with Gasteiger partial charge >= 0.3 is 5.91 Å². The van der Waals surface area contributed by atoms with Gasteiger partial charge < -0.3 is 4.42 Å². The number of nitrogens with one attached hydrogen (secondary N) is 1.